The molecule has 5 nitrogen and oxygen atoms in total. The van der Waals surface area contributed by atoms with Gasteiger partial charge in [-0.05, 0) is 42.7 Å². The van der Waals surface area contributed by atoms with Crippen molar-refractivity contribution in [3.8, 4) is 5.75 Å². The molecule has 1 aliphatic rings. The maximum atomic E-state index is 13.7. The molecule has 0 heterocycles. The largest absolute Gasteiger partial charge is 0.497 e. The number of halogens is 1. The minimum atomic E-state index is -4.06. The van der Waals surface area contributed by atoms with Gasteiger partial charge in [0.05, 0.1) is 17.4 Å². The van der Waals surface area contributed by atoms with Gasteiger partial charge in [-0.2, -0.15) is 0 Å². The van der Waals surface area contributed by atoms with Gasteiger partial charge in [-0.1, -0.05) is 31.0 Å². The molecule has 138 valence electrons. The Labute approximate surface area is 152 Å². The first-order valence-electron chi connectivity index (χ1n) is 8.35. The minimum absolute atomic E-state index is 0.0578. The summed E-state index contributed by atoms with van der Waals surface area (Å²) in [5.41, 5.74) is -0.526. The van der Waals surface area contributed by atoms with Crippen molar-refractivity contribution < 1.29 is 22.3 Å². The number of benzene rings is 2. The quantitative estimate of drug-likeness (QED) is 0.869. The lowest BCUT2D eigenvalue weighted by Gasteiger charge is -2.28. The highest BCUT2D eigenvalue weighted by atomic mass is 32.2. The molecule has 0 spiro atoms. The van der Waals surface area contributed by atoms with Gasteiger partial charge < -0.3 is 4.74 Å². The zero-order valence-electron chi connectivity index (χ0n) is 14.4. The summed E-state index contributed by atoms with van der Waals surface area (Å²) in [4.78, 5) is 12.9. The highest BCUT2D eigenvalue weighted by Gasteiger charge is 2.44. The van der Waals surface area contributed by atoms with Crippen molar-refractivity contribution in [3.63, 3.8) is 0 Å². The molecule has 0 radical (unpaired) electrons. The predicted octanol–water partition coefficient (Wildman–Crippen LogP) is 3.15. The Morgan fingerprint density at radius 2 is 1.81 bits per heavy atom. The highest BCUT2D eigenvalue weighted by molar-refractivity contribution is 7.90. The average molecular weight is 377 g/mol. The number of ether oxygens (including phenoxy) is 1. The molecule has 2 aromatic carbocycles. The van der Waals surface area contributed by atoms with Crippen LogP contribution < -0.4 is 9.46 Å². The number of hydrogen-bond donors (Lipinski definition) is 1. The van der Waals surface area contributed by atoms with Gasteiger partial charge in [0.2, 0.25) is 5.91 Å². The molecular formula is C19H20FNO4S. The first kappa shape index (κ1) is 18.4. The van der Waals surface area contributed by atoms with Crippen LogP contribution in [-0.2, 0) is 20.2 Å². The van der Waals surface area contributed by atoms with Crippen molar-refractivity contribution in [1.29, 1.82) is 0 Å². The third-order valence-electron chi connectivity index (χ3n) is 4.85. The maximum absolute atomic E-state index is 13.7. The summed E-state index contributed by atoms with van der Waals surface area (Å²) in [6.45, 7) is 0. The Morgan fingerprint density at radius 3 is 2.46 bits per heavy atom. The van der Waals surface area contributed by atoms with Gasteiger partial charge in [0.25, 0.3) is 10.0 Å². The van der Waals surface area contributed by atoms with Crippen LogP contribution in [0.25, 0.3) is 0 Å². The van der Waals surface area contributed by atoms with E-state index in [1.54, 1.807) is 12.1 Å². The normalized spacial score (nSPS) is 16.2. The van der Waals surface area contributed by atoms with Gasteiger partial charge in [0, 0.05) is 6.07 Å². The van der Waals surface area contributed by atoms with E-state index in [0.717, 1.165) is 12.8 Å². The molecule has 0 saturated heterocycles. The minimum Gasteiger partial charge on any atom is -0.497 e. The Kier molecular flexibility index (Phi) is 5.00. The Morgan fingerprint density at radius 1 is 1.12 bits per heavy atom. The molecule has 1 aliphatic carbocycles. The van der Waals surface area contributed by atoms with Crippen LogP contribution in [0.1, 0.15) is 31.2 Å². The molecule has 1 amide bonds. The first-order valence-corrected chi connectivity index (χ1v) is 9.83. The molecule has 0 atom stereocenters. The van der Waals surface area contributed by atoms with E-state index < -0.39 is 27.2 Å². The van der Waals surface area contributed by atoms with Gasteiger partial charge in [0.1, 0.15) is 11.6 Å². The summed E-state index contributed by atoms with van der Waals surface area (Å²) in [5, 5.41) is 0. The third kappa shape index (κ3) is 3.44. The summed E-state index contributed by atoms with van der Waals surface area (Å²) in [5.74, 6) is -0.693. The molecule has 1 saturated carbocycles. The van der Waals surface area contributed by atoms with Gasteiger partial charge in [0.15, 0.2) is 0 Å². The monoisotopic (exact) mass is 377 g/mol. The lowest BCUT2D eigenvalue weighted by molar-refractivity contribution is -0.124. The first-order chi connectivity index (χ1) is 12.4. The Bertz CT molecular complexity index is 921. The van der Waals surface area contributed by atoms with Crippen LogP contribution in [-0.4, -0.2) is 21.4 Å². The molecule has 1 fully saturated rings. The average Bonchev–Trinajstić information content (AvgIpc) is 3.13. The SMILES string of the molecule is COc1cccc(S(=O)(=O)NC(=O)C2(c3cccc(F)c3)CCCC2)c1. The fourth-order valence-electron chi connectivity index (χ4n) is 3.46. The fraction of sp³-hybridized carbons (Fsp3) is 0.316. The van der Waals surface area contributed by atoms with Gasteiger partial charge in [-0.3, -0.25) is 4.79 Å². The van der Waals surface area contributed by atoms with Crippen LogP contribution in [0.3, 0.4) is 0 Å². The van der Waals surface area contributed by atoms with E-state index in [4.69, 9.17) is 4.74 Å². The van der Waals surface area contributed by atoms with E-state index in [1.807, 2.05) is 0 Å². The standard InChI is InChI=1S/C19H20FNO4S/c1-25-16-8-5-9-17(13-16)26(23,24)21-18(22)19(10-2-3-11-19)14-6-4-7-15(20)12-14/h4-9,12-13H,2-3,10-11H2,1H3,(H,21,22). The lowest BCUT2D eigenvalue weighted by atomic mass is 9.78. The summed E-state index contributed by atoms with van der Waals surface area (Å²) in [6.07, 6.45) is 2.53. The Hall–Kier alpha value is -2.41. The predicted molar refractivity (Wildman–Crippen MR) is 94.9 cm³/mol. The van der Waals surface area contributed by atoms with Crippen LogP contribution >= 0.6 is 0 Å². The molecule has 1 N–H and O–H groups in total. The molecule has 2 aromatic rings. The van der Waals surface area contributed by atoms with Crippen LogP contribution in [0, 0.1) is 5.82 Å². The number of carbonyl (C=O) groups is 1. The molecule has 26 heavy (non-hydrogen) atoms. The fourth-order valence-corrected chi connectivity index (χ4v) is 4.54. The summed E-state index contributed by atoms with van der Waals surface area (Å²) >= 11 is 0. The number of nitrogens with one attached hydrogen (secondary N) is 1. The van der Waals surface area contributed by atoms with E-state index in [-0.39, 0.29) is 4.90 Å². The summed E-state index contributed by atoms with van der Waals surface area (Å²) in [7, 11) is -2.63. The number of carbonyl (C=O) groups excluding carboxylic acids is 1. The van der Waals surface area contributed by atoms with E-state index in [9.17, 15) is 17.6 Å². The highest BCUT2D eigenvalue weighted by Crippen LogP contribution is 2.41. The molecule has 7 heteroatoms. The van der Waals surface area contributed by atoms with E-state index in [2.05, 4.69) is 4.72 Å². The van der Waals surface area contributed by atoms with Gasteiger partial charge in [-0.25, -0.2) is 17.5 Å². The van der Waals surface area contributed by atoms with Crippen molar-refractivity contribution in [3.05, 3.63) is 59.9 Å². The zero-order chi connectivity index (χ0) is 18.8. The number of sulfonamides is 1. The smallest absolute Gasteiger partial charge is 0.264 e. The second-order valence-corrected chi connectivity index (χ2v) is 8.10. The van der Waals surface area contributed by atoms with Crippen molar-refractivity contribution in [1.82, 2.24) is 4.72 Å². The van der Waals surface area contributed by atoms with Crippen LogP contribution in [0.5, 0.6) is 5.75 Å². The Balaban J connectivity index is 1.93. The molecule has 0 aromatic heterocycles. The van der Waals surface area contributed by atoms with Gasteiger partial charge in [-0.15, -0.1) is 0 Å². The molecule has 0 bridgehead atoms. The van der Waals surface area contributed by atoms with Crippen molar-refractivity contribution in [2.45, 2.75) is 36.0 Å². The lowest BCUT2D eigenvalue weighted by Crippen LogP contribution is -2.45. The maximum Gasteiger partial charge on any atom is 0.264 e. The molecule has 0 unspecified atom stereocenters. The number of hydrogen-bond acceptors (Lipinski definition) is 4. The molecule has 3 rings (SSSR count). The summed E-state index contributed by atoms with van der Waals surface area (Å²) < 4.78 is 46.2. The zero-order valence-corrected chi connectivity index (χ0v) is 15.2. The van der Waals surface area contributed by atoms with Crippen molar-refractivity contribution in [2.75, 3.05) is 7.11 Å². The second kappa shape index (κ2) is 7.07. The number of amides is 1. The van der Waals surface area contributed by atoms with Crippen LogP contribution in [0.15, 0.2) is 53.4 Å². The van der Waals surface area contributed by atoms with E-state index in [1.165, 1.54) is 43.5 Å². The van der Waals surface area contributed by atoms with Crippen molar-refractivity contribution in [2.24, 2.45) is 0 Å². The summed E-state index contributed by atoms with van der Waals surface area (Å²) in [6, 6.07) is 11.7. The molecule has 0 aliphatic heterocycles. The second-order valence-electron chi connectivity index (χ2n) is 6.41. The molecular weight excluding hydrogens is 357 g/mol. The van der Waals surface area contributed by atoms with E-state index >= 15 is 0 Å². The third-order valence-corrected chi connectivity index (χ3v) is 6.18. The van der Waals surface area contributed by atoms with E-state index in [0.29, 0.717) is 24.2 Å². The number of methoxy groups -OCH3 is 1. The van der Waals surface area contributed by atoms with Crippen LogP contribution in [0.2, 0.25) is 0 Å². The topological polar surface area (TPSA) is 72.5 Å². The van der Waals surface area contributed by atoms with Crippen LogP contribution in [0.4, 0.5) is 4.39 Å². The van der Waals surface area contributed by atoms with Crippen molar-refractivity contribution >= 4 is 15.9 Å². The number of rotatable bonds is 5. The van der Waals surface area contributed by atoms with Gasteiger partial charge >= 0.3 is 0 Å².